The molecule has 0 aromatic heterocycles. The fourth-order valence-corrected chi connectivity index (χ4v) is 6.54. The van der Waals surface area contributed by atoms with Gasteiger partial charge in [-0.2, -0.15) is 25.3 Å². The van der Waals surface area contributed by atoms with Crippen molar-refractivity contribution in [1.82, 2.24) is 10.6 Å². The summed E-state index contributed by atoms with van der Waals surface area (Å²) in [5.74, 6) is -1.78. The molecule has 238 valence electrons. The van der Waals surface area contributed by atoms with Gasteiger partial charge in [-0.3, -0.25) is 23.2 Å². The van der Waals surface area contributed by atoms with Gasteiger partial charge in [0, 0.05) is 10.8 Å². The molecule has 4 rings (SSSR count). The predicted octanol–water partition coefficient (Wildman–Crippen LogP) is 1.92. The van der Waals surface area contributed by atoms with E-state index in [0.717, 1.165) is 18.2 Å². The molecular weight excluding hydrogens is 657 g/mol. The van der Waals surface area contributed by atoms with Gasteiger partial charge in [0.25, 0.3) is 30.4 Å². The molecule has 45 heavy (non-hydrogen) atoms. The Hall–Kier alpha value is -4.66. The maximum Gasteiger partial charge on any atom is 0.315 e. The minimum absolute atomic E-state index is 0.0373. The molecule has 0 aliphatic heterocycles. The molecular formula is C26H24N4O12S3. The maximum atomic E-state index is 12.6. The number of carbonyl (C=O) groups excluding carboxylic acids is 3. The summed E-state index contributed by atoms with van der Waals surface area (Å²) in [6, 6.07) is 11.5. The molecule has 0 unspecified atom stereocenters. The second kappa shape index (κ2) is 12.4. The van der Waals surface area contributed by atoms with E-state index in [1.165, 1.54) is 30.3 Å². The average molecular weight is 681 g/mol. The normalized spacial score (nSPS) is 12.1. The SMILES string of the molecule is Cc1cc(S(=O)(=O)O)c2c(NC(=O)CNC(=O)NCC(=O)Nc3cc(S(=O)(=O)O)cc4cccc(S(=O)(=O)O)c34)cccc2c1. The van der Waals surface area contributed by atoms with Gasteiger partial charge in [0.05, 0.1) is 29.4 Å². The van der Waals surface area contributed by atoms with Crippen molar-refractivity contribution < 1.29 is 53.3 Å². The highest BCUT2D eigenvalue weighted by Crippen LogP contribution is 2.33. The third-order valence-corrected chi connectivity index (χ3v) is 8.82. The first-order chi connectivity index (χ1) is 20.8. The van der Waals surface area contributed by atoms with Gasteiger partial charge in [0.2, 0.25) is 11.8 Å². The Kier molecular flexibility index (Phi) is 9.15. The fourth-order valence-electron chi connectivity index (χ4n) is 4.44. The van der Waals surface area contributed by atoms with Crippen molar-refractivity contribution in [3.05, 3.63) is 66.2 Å². The second-order valence-electron chi connectivity index (χ2n) is 9.55. The highest BCUT2D eigenvalue weighted by molar-refractivity contribution is 7.86. The van der Waals surface area contributed by atoms with E-state index < -0.39 is 81.7 Å². The zero-order valence-electron chi connectivity index (χ0n) is 22.9. The van der Waals surface area contributed by atoms with Gasteiger partial charge >= 0.3 is 6.03 Å². The van der Waals surface area contributed by atoms with E-state index in [1.54, 1.807) is 19.1 Å². The number of rotatable bonds is 9. The van der Waals surface area contributed by atoms with Crippen LogP contribution in [0.4, 0.5) is 16.2 Å². The van der Waals surface area contributed by atoms with Crippen LogP contribution < -0.4 is 21.3 Å². The Morgan fingerprint density at radius 1 is 0.622 bits per heavy atom. The number of amides is 4. The van der Waals surface area contributed by atoms with E-state index in [9.17, 15) is 53.3 Å². The van der Waals surface area contributed by atoms with Crippen molar-refractivity contribution in [2.75, 3.05) is 23.7 Å². The van der Waals surface area contributed by atoms with E-state index in [-0.39, 0.29) is 21.8 Å². The summed E-state index contributed by atoms with van der Waals surface area (Å²) < 4.78 is 99.9. The summed E-state index contributed by atoms with van der Waals surface area (Å²) in [4.78, 5) is 35.6. The van der Waals surface area contributed by atoms with Gasteiger partial charge in [-0.05, 0) is 53.6 Å². The third-order valence-electron chi connectivity index (χ3n) is 6.22. The number of hydrogen-bond donors (Lipinski definition) is 7. The van der Waals surface area contributed by atoms with Crippen molar-refractivity contribution >= 4 is 81.1 Å². The molecule has 0 atom stereocenters. The Labute approximate surface area is 256 Å². The van der Waals surface area contributed by atoms with Crippen LogP contribution in [0.5, 0.6) is 0 Å². The smallest absolute Gasteiger partial charge is 0.315 e. The minimum Gasteiger partial charge on any atom is -0.329 e. The molecule has 0 spiro atoms. The van der Waals surface area contributed by atoms with Crippen LogP contribution >= 0.6 is 0 Å². The molecule has 4 aromatic rings. The monoisotopic (exact) mass is 680 g/mol. The summed E-state index contributed by atoms with van der Waals surface area (Å²) in [7, 11) is -14.3. The Balaban J connectivity index is 1.44. The van der Waals surface area contributed by atoms with Crippen LogP contribution in [-0.4, -0.2) is 69.8 Å². The van der Waals surface area contributed by atoms with Crippen LogP contribution in [0.25, 0.3) is 21.5 Å². The molecule has 4 amide bonds. The first kappa shape index (κ1) is 33.2. The standard InChI is InChI=1S/C26H24N4O12S3/c1-14-8-15-4-2-6-18(24(15)21(9-14)45(40,41)42)29-22(31)12-27-26(33)28-13-23(32)30-19-11-17(43(34,35)36)10-16-5-3-7-20(25(16)19)44(37,38)39/h2-11H,12-13H2,1H3,(H,29,31)(H,30,32)(H2,27,28,33)(H,34,35,36)(H,37,38,39)(H,40,41,42). The maximum absolute atomic E-state index is 12.6. The van der Waals surface area contributed by atoms with Crippen LogP contribution in [0.2, 0.25) is 0 Å². The number of fused-ring (bicyclic) bond motifs is 2. The van der Waals surface area contributed by atoms with Crippen molar-refractivity contribution in [1.29, 1.82) is 0 Å². The predicted molar refractivity (Wildman–Crippen MR) is 161 cm³/mol. The highest BCUT2D eigenvalue weighted by atomic mass is 32.2. The molecule has 0 bridgehead atoms. The minimum atomic E-state index is -4.85. The zero-order chi connectivity index (χ0) is 33.3. The molecule has 0 aliphatic carbocycles. The van der Waals surface area contributed by atoms with E-state index in [4.69, 9.17) is 0 Å². The van der Waals surface area contributed by atoms with E-state index in [1.807, 2.05) is 0 Å². The summed E-state index contributed by atoms with van der Waals surface area (Å²) in [5, 5.41) is 9.09. The van der Waals surface area contributed by atoms with Crippen LogP contribution in [0.1, 0.15) is 5.56 Å². The number of nitrogens with one attached hydrogen (secondary N) is 4. The van der Waals surface area contributed by atoms with Gasteiger partial charge in [0.1, 0.15) is 9.79 Å². The number of anilines is 2. The van der Waals surface area contributed by atoms with Crippen molar-refractivity contribution in [2.45, 2.75) is 21.6 Å². The number of hydrogen-bond acceptors (Lipinski definition) is 9. The Bertz CT molecular complexity index is 2220. The largest absolute Gasteiger partial charge is 0.329 e. The summed E-state index contributed by atoms with van der Waals surface area (Å²) >= 11 is 0. The Morgan fingerprint density at radius 2 is 1.13 bits per heavy atom. The molecule has 16 nitrogen and oxygen atoms in total. The lowest BCUT2D eigenvalue weighted by Crippen LogP contribution is -2.43. The number of benzene rings is 4. The highest BCUT2D eigenvalue weighted by Gasteiger charge is 2.22. The lowest BCUT2D eigenvalue weighted by atomic mass is 10.1. The van der Waals surface area contributed by atoms with Gasteiger partial charge < -0.3 is 21.3 Å². The molecule has 4 aromatic carbocycles. The van der Waals surface area contributed by atoms with Gasteiger partial charge in [-0.15, -0.1) is 0 Å². The average Bonchev–Trinajstić information content (AvgIpc) is 2.92. The number of aryl methyl sites for hydroxylation is 1. The lowest BCUT2D eigenvalue weighted by molar-refractivity contribution is -0.115. The third kappa shape index (κ3) is 7.90. The fraction of sp³-hybridized carbons (Fsp3) is 0.115. The van der Waals surface area contributed by atoms with Crippen molar-refractivity contribution in [3.63, 3.8) is 0 Å². The van der Waals surface area contributed by atoms with Crippen LogP contribution in [0, 0.1) is 6.92 Å². The molecule has 0 fully saturated rings. The van der Waals surface area contributed by atoms with Gasteiger partial charge in [-0.1, -0.05) is 30.3 Å². The van der Waals surface area contributed by atoms with E-state index in [0.29, 0.717) is 10.9 Å². The van der Waals surface area contributed by atoms with Crippen LogP contribution in [-0.2, 0) is 39.9 Å². The van der Waals surface area contributed by atoms with Gasteiger partial charge in [-0.25, -0.2) is 4.79 Å². The number of carbonyl (C=O) groups is 3. The quantitative estimate of drug-likeness (QED) is 0.125. The summed E-state index contributed by atoms with van der Waals surface area (Å²) in [6.45, 7) is 0.215. The van der Waals surface area contributed by atoms with E-state index >= 15 is 0 Å². The Morgan fingerprint density at radius 3 is 1.69 bits per heavy atom. The molecule has 0 heterocycles. The zero-order valence-corrected chi connectivity index (χ0v) is 25.4. The summed E-state index contributed by atoms with van der Waals surface area (Å²) in [5.41, 5.74) is 0.156. The van der Waals surface area contributed by atoms with Crippen molar-refractivity contribution in [3.8, 4) is 0 Å². The molecule has 0 radical (unpaired) electrons. The van der Waals surface area contributed by atoms with Crippen LogP contribution in [0.3, 0.4) is 0 Å². The lowest BCUT2D eigenvalue weighted by Gasteiger charge is -2.14. The van der Waals surface area contributed by atoms with Crippen molar-refractivity contribution in [2.24, 2.45) is 0 Å². The molecule has 0 saturated heterocycles. The van der Waals surface area contributed by atoms with Gasteiger partial charge in [0.15, 0.2) is 0 Å². The molecule has 19 heteroatoms. The van der Waals surface area contributed by atoms with E-state index in [2.05, 4.69) is 21.3 Å². The van der Waals surface area contributed by atoms with Crippen LogP contribution in [0.15, 0.2) is 75.4 Å². The molecule has 0 aliphatic rings. The molecule has 7 N–H and O–H groups in total. The second-order valence-corrected chi connectivity index (χ2v) is 13.8. The topological polar surface area (TPSA) is 262 Å². The first-order valence-electron chi connectivity index (χ1n) is 12.5. The summed E-state index contributed by atoms with van der Waals surface area (Å²) in [6.07, 6.45) is 0. The first-order valence-corrected chi connectivity index (χ1v) is 16.8. The molecule has 0 saturated carbocycles. The number of urea groups is 1.